The van der Waals surface area contributed by atoms with Crippen LogP contribution >= 0.6 is 23.2 Å². The van der Waals surface area contributed by atoms with Crippen molar-refractivity contribution in [2.75, 3.05) is 13.1 Å². The Morgan fingerprint density at radius 2 is 1.81 bits per heavy atom. The van der Waals surface area contributed by atoms with E-state index >= 15 is 0 Å². The van der Waals surface area contributed by atoms with Gasteiger partial charge in [-0.3, -0.25) is 9.59 Å². The maximum atomic E-state index is 13.2. The molecule has 1 amide bonds. The van der Waals surface area contributed by atoms with Gasteiger partial charge in [-0.05, 0) is 61.1 Å². The predicted molar refractivity (Wildman–Crippen MR) is 134 cm³/mol. The number of amides is 1. The molecular weight excluding hydrogens is 532 g/mol. The van der Waals surface area contributed by atoms with Crippen molar-refractivity contribution in [1.82, 2.24) is 9.47 Å². The van der Waals surface area contributed by atoms with E-state index in [0.717, 1.165) is 11.1 Å². The van der Waals surface area contributed by atoms with Crippen molar-refractivity contribution >= 4 is 46.0 Å². The van der Waals surface area contributed by atoms with E-state index < -0.39 is 12.3 Å². The molecule has 1 fully saturated rings. The zero-order valence-electron chi connectivity index (χ0n) is 20.2. The van der Waals surface area contributed by atoms with Gasteiger partial charge in [-0.1, -0.05) is 23.2 Å². The molecule has 0 radical (unpaired) electrons. The van der Waals surface area contributed by atoms with Gasteiger partial charge >= 0.3 is 12.3 Å². The molecule has 0 unspecified atom stereocenters. The lowest BCUT2D eigenvalue weighted by Gasteiger charge is -2.31. The van der Waals surface area contributed by atoms with Crippen LogP contribution in [-0.4, -0.2) is 45.9 Å². The van der Waals surface area contributed by atoms with Gasteiger partial charge in [0.1, 0.15) is 5.75 Å². The normalized spacial score (nSPS) is 14.8. The van der Waals surface area contributed by atoms with Crippen LogP contribution in [0.4, 0.5) is 13.2 Å². The monoisotopic (exact) mass is 556 g/mol. The van der Waals surface area contributed by atoms with Crippen LogP contribution in [0.25, 0.3) is 10.9 Å². The molecule has 3 aromatic rings. The first-order valence-corrected chi connectivity index (χ1v) is 12.4. The average molecular weight is 557 g/mol. The molecule has 6 nitrogen and oxygen atoms in total. The Hall–Kier alpha value is -2.91. The van der Waals surface area contributed by atoms with Crippen LogP contribution in [0.3, 0.4) is 0 Å². The van der Waals surface area contributed by atoms with Gasteiger partial charge in [0, 0.05) is 55.1 Å². The van der Waals surface area contributed by atoms with Gasteiger partial charge < -0.3 is 19.3 Å². The molecular formula is C26H25Cl2F3N2O4. The standard InChI is InChI=1S/C26H25Cl2F3N2O4/c1-14-9-17(37-26(29,30)31)13-22-19(14)11-16(32(22)2)12-20-21(27)4-3-18(24(20)28)25(36)33-7-5-15(6-8-33)10-23(34)35/h3-4,9,11,13,15H,5-8,10,12H2,1-2H3,(H,34,35). The molecule has 37 heavy (non-hydrogen) atoms. The summed E-state index contributed by atoms with van der Waals surface area (Å²) >= 11 is 13.2. The van der Waals surface area contributed by atoms with Gasteiger partial charge in [0.05, 0.1) is 16.1 Å². The van der Waals surface area contributed by atoms with Crippen molar-refractivity contribution < 1.29 is 32.6 Å². The number of hydrogen-bond donors (Lipinski definition) is 1. The molecule has 1 saturated heterocycles. The number of alkyl halides is 3. The van der Waals surface area contributed by atoms with E-state index in [9.17, 15) is 22.8 Å². The van der Waals surface area contributed by atoms with Crippen LogP contribution in [0.2, 0.25) is 10.0 Å². The highest BCUT2D eigenvalue weighted by atomic mass is 35.5. The maximum Gasteiger partial charge on any atom is 0.573 e. The third kappa shape index (κ3) is 5.99. The summed E-state index contributed by atoms with van der Waals surface area (Å²) in [7, 11) is 1.73. The SMILES string of the molecule is Cc1cc(OC(F)(F)F)cc2c1cc(Cc1c(Cl)ccc(C(=O)N3CCC(CC(=O)O)CC3)c1Cl)n2C. The molecule has 0 bridgehead atoms. The van der Waals surface area contributed by atoms with E-state index in [4.69, 9.17) is 28.3 Å². The number of aromatic nitrogens is 1. The lowest BCUT2D eigenvalue weighted by molar-refractivity contribution is -0.274. The molecule has 2 heterocycles. The van der Waals surface area contributed by atoms with E-state index in [1.165, 1.54) is 12.1 Å². The molecule has 0 spiro atoms. The number of rotatable bonds is 6. The van der Waals surface area contributed by atoms with Gasteiger partial charge in [0.2, 0.25) is 0 Å². The number of carbonyl (C=O) groups excluding carboxylic acids is 1. The number of carboxylic acid groups (broad SMARTS) is 1. The van der Waals surface area contributed by atoms with Crippen LogP contribution in [-0.2, 0) is 18.3 Å². The number of piperidine rings is 1. The summed E-state index contributed by atoms with van der Waals surface area (Å²) in [5, 5.41) is 10.4. The van der Waals surface area contributed by atoms with Gasteiger partial charge in [0.25, 0.3) is 5.91 Å². The third-order valence-corrected chi connectivity index (χ3v) is 7.60. The minimum absolute atomic E-state index is 0.0368. The van der Waals surface area contributed by atoms with Crippen LogP contribution < -0.4 is 4.74 Å². The Morgan fingerprint density at radius 1 is 1.14 bits per heavy atom. The van der Waals surface area contributed by atoms with Crippen LogP contribution in [0.5, 0.6) is 5.75 Å². The Morgan fingerprint density at radius 3 is 2.43 bits per heavy atom. The second kappa shape index (κ2) is 10.5. The van der Waals surface area contributed by atoms with Crippen molar-refractivity contribution in [1.29, 1.82) is 0 Å². The lowest BCUT2D eigenvalue weighted by atomic mass is 9.93. The molecule has 2 aromatic carbocycles. The number of hydrogen-bond acceptors (Lipinski definition) is 3. The number of aryl methyl sites for hydroxylation is 2. The zero-order chi connectivity index (χ0) is 27.1. The number of fused-ring (bicyclic) bond motifs is 1. The molecule has 0 saturated carbocycles. The Balaban J connectivity index is 1.60. The topological polar surface area (TPSA) is 71.8 Å². The lowest BCUT2D eigenvalue weighted by Crippen LogP contribution is -2.39. The van der Waals surface area contributed by atoms with Crippen molar-refractivity contribution in [2.24, 2.45) is 13.0 Å². The summed E-state index contributed by atoms with van der Waals surface area (Å²) in [5.74, 6) is -1.36. The minimum Gasteiger partial charge on any atom is -0.481 e. The first-order valence-electron chi connectivity index (χ1n) is 11.7. The average Bonchev–Trinajstić information content (AvgIpc) is 3.11. The molecule has 1 aliphatic heterocycles. The molecule has 198 valence electrons. The fraction of sp³-hybridized carbons (Fsp3) is 0.385. The van der Waals surface area contributed by atoms with E-state index in [-0.39, 0.29) is 35.4 Å². The zero-order valence-corrected chi connectivity index (χ0v) is 21.7. The number of halogens is 5. The van der Waals surface area contributed by atoms with Crippen molar-refractivity contribution in [3.05, 3.63) is 62.8 Å². The molecule has 0 atom stereocenters. The summed E-state index contributed by atoms with van der Waals surface area (Å²) in [6.45, 7) is 2.58. The van der Waals surface area contributed by atoms with Gasteiger partial charge in [0.15, 0.2) is 0 Å². The van der Waals surface area contributed by atoms with E-state index in [0.29, 0.717) is 53.2 Å². The van der Waals surface area contributed by atoms with Gasteiger partial charge in [-0.15, -0.1) is 13.2 Å². The van der Waals surface area contributed by atoms with Gasteiger partial charge in [-0.25, -0.2) is 0 Å². The number of nitrogens with zero attached hydrogens (tertiary/aromatic N) is 2. The van der Waals surface area contributed by atoms with Crippen LogP contribution in [0, 0.1) is 12.8 Å². The molecule has 1 aromatic heterocycles. The fourth-order valence-corrected chi connectivity index (χ4v) is 5.44. The fourth-order valence-electron chi connectivity index (χ4n) is 4.86. The smallest absolute Gasteiger partial charge is 0.481 e. The van der Waals surface area contributed by atoms with Crippen LogP contribution in [0.15, 0.2) is 30.3 Å². The Labute approximate surface area is 221 Å². The highest BCUT2D eigenvalue weighted by Crippen LogP contribution is 2.35. The quantitative estimate of drug-likeness (QED) is 0.370. The van der Waals surface area contributed by atoms with Crippen molar-refractivity contribution in [3.63, 3.8) is 0 Å². The molecule has 1 N–H and O–H groups in total. The largest absolute Gasteiger partial charge is 0.573 e. The number of carbonyl (C=O) groups is 2. The summed E-state index contributed by atoms with van der Waals surface area (Å²) in [5.41, 5.74) is 2.74. The van der Waals surface area contributed by atoms with E-state index in [2.05, 4.69) is 4.74 Å². The van der Waals surface area contributed by atoms with Crippen molar-refractivity contribution in [2.45, 2.75) is 39.0 Å². The number of carboxylic acids is 1. The van der Waals surface area contributed by atoms with Crippen molar-refractivity contribution in [3.8, 4) is 5.75 Å². The summed E-state index contributed by atoms with van der Waals surface area (Å²) in [6, 6.07) is 7.70. The highest BCUT2D eigenvalue weighted by molar-refractivity contribution is 6.38. The Bertz CT molecular complexity index is 1360. The number of likely N-dealkylation sites (tertiary alicyclic amines) is 1. The summed E-state index contributed by atoms with van der Waals surface area (Å²) < 4.78 is 44.1. The minimum atomic E-state index is -4.80. The second-order valence-corrected chi connectivity index (χ2v) is 10.1. The highest BCUT2D eigenvalue weighted by Gasteiger charge is 2.32. The van der Waals surface area contributed by atoms with Crippen LogP contribution in [0.1, 0.15) is 46.4 Å². The Kier molecular flexibility index (Phi) is 7.67. The first-order chi connectivity index (χ1) is 17.3. The maximum absolute atomic E-state index is 13.2. The summed E-state index contributed by atoms with van der Waals surface area (Å²) in [6.07, 6.45) is -3.26. The third-order valence-electron chi connectivity index (χ3n) is 6.81. The number of aliphatic carboxylic acids is 1. The molecule has 1 aliphatic rings. The predicted octanol–water partition coefficient (Wildman–Crippen LogP) is 6.61. The second-order valence-electron chi connectivity index (χ2n) is 9.31. The first kappa shape index (κ1) is 27.1. The van der Waals surface area contributed by atoms with E-state index in [1.54, 1.807) is 35.6 Å². The van der Waals surface area contributed by atoms with Gasteiger partial charge in [-0.2, -0.15) is 0 Å². The molecule has 4 rings (SSSR count). The molecule has 0 aliphatic carbocycles. The van der Waals surface area contributed by atoms with E-state index in [1.807, 2.05) is 6.07 Å². The molecule has 11 heteroatoms. The summed E-state index contributed by atoms with van der Waals surface area (Å²) in [4.78, 5) is 25.9. The number of ether oxygens (including phenoxy) is 1. The number of benzene rings is 2.